The highest BCUT2D eigenvalue weighted by Crippen LogP contribution is 2.25. The van der Waals surface area contributed by atoms with Crippen molar-refractivity contribution in [2.45, 2.75) is 51.7 Å². The third kappa shape index (κ3) is 4.97. The van der Waals surface area contributed by atoms with Crippen LogP contribution in [0.3, 0.4) is 0 Å². The van der Waals surface area contributed by atoms with Gasteiger partial charge in [-0.15, -0.1) is 0 Å². The molecule has 1 aliphatic rings. The summed E-state index contributed by atoms with van der Waals surface area (Å²) >= 11 is 0. The lowest BCUT2D eigenvalue weighted by Gasteiger charge is -2.27. The highest BCUT2D eigenvalue weighted by Gasteiger charge is 2.19. The van der Waals surface area contributed by atoms with Gasteiger partial charge in [0.15, 0.2) is 0 Å². The van der Waals surface area contributed by atoms with E-state index < -0.39 is 6.10 Å². The van der Waals surface area contributed by atoms with E-state index in [1.165, 1.54) is 18.9 Å². The molecule has 1 fully saturated rings. The third-order valence-electron chi connectivity index (χ3n) is 4.28. The van der Waals surface area contributed by atoms with Gasteiger partial charge in [0.25, 0.3) is 0 Å². The van der Waals surface area contributed by atoms with Gasteiger partial charge >= 0.3 is 0 Å². The van der Waals surface area contributed by atoms with Crippen LogP contribution in [0.1, 0.15) is 38.2 Å². The molecule has 0 aromatic heterocycles. The first kappa shape index (κ1) is 16.2. The summed E-state index contributed by atoms with van der Waals surface area (Å²) in [6.07, 6.45) is 4.30. The zero-order chi connectivity index (χ0) is 15.2. The number of benzene rings is 1. The van der Waals surface area contributed by atoms with Gasteiger partial charge in [0.2, 0.25) is 0 Å². The quantitative estimate of drug-likeness (QED) is 0.844. The van der Waals surface area contributed by atoms with Gasteiger partial charge in [-0.2, -0.15) is 0 Å². The first-order valence-corrected chi connectivity index (χ1v) is 7.85. The molecule has 1 atom stereocenters. The number of nitrogens with one attached hydrogen (secondary N) is 1. The van der Waals surface area contributed by atoms with Gasteiger partial charge in [-0.3, -0.25) is 0 Å². The van der Waals surface area contributed by atoms with Crippen LogP contribution in [0.15, 0.2) is 18.2 Å². The van der Waals surface area contributed by atoms with Crippen molar-refractivity contribution in [2.24, 2.45) is 5.92 Å². The molecule has 21 heavy (non-hydrogen) atoms. The van der Waals surface area contributed by atoms with Crippen LogP contribution < -0.4 is 5.32 Å². The number of halogens is 1. The minimum Gasteiger partial charge on any atom is -0.389 e. The molecule has 0 spiro atoms. The van der Waals surface area contributed by atoms with Gasteiger partial charge in [-0.1, -0.05) is 13.0 Å². The van der Waals surface area contributed by atoms with Crippen LogP contribution in [-0.4, -0.2) is 30.5 Å². The monoisotopic (exact) mass is 295 g/mol. The largest absolute Gasteiger partial charge is 0.389 e. The van der Waals surface area contributed by atoms with Crippen LogP contribution in [0.5, 0.6) is 0 Å². The summed E-state index contributed by atoms with van der Waals surface area (Å²) in [6.45, 7) is 4.70. The third-order valence-corrected chi connectivity index (χ3v) is 4.28. The molecule has 118 valence electrons. The lowest BCUT2D eigenvalue weighted by molar-refractivity contribution is -0.0245. The van der Waals surface area contributed by atoms with Gasteiger partial charge in [-0.25, -0.2) is 4.39 Å². The predicted octanol–water partition coefficient (Wildman–Crippen LogP) is 3.50. The Labute approximate surface area is 126 Å². The van der Waals surface area contributed by atoms with E-state index in [2.05, 4.69) is 12.2 Å². The van der Waals surface area contributed by atoms with Crippen LogP contribution in [0.25, 0.3) is 0 Å². The zero-order valence-corrected chi connectivity index (χ0v) is 12.9. The van der Waals surface area contributed by atoms with Crippen molar-refractivity contribution in [1.29, 1.82) is 0 Å². The Morgan fingerprint density at radius 3 is 2.76 bits per heavy atom. The van der Waals surface area contributed by atoms with E-state index in [0.717, 1.165) is 24.4 Å². The number of hydrogen-bond acceptors (Lipinski definition) is 3. The highest BCUT2D eigenvalue weighted by molar-refractivity contribution is 5.50. The molecule has 2 rings (SSSR count). The summed E-state index contributed by atoms with van der Waals surface area (Å²) in [7, 11) is 0. The molecule has 0 aliphatic heterocycles. The van der Waals surface area contributed by atoms with Crippen LogP contribution in [0.4, 0.5) is 10.1 Å². The average molecular weight is 295 g/mol. The molecule has 1 aromatic rings. The molecule has 0 saturated heterocycles. The van der Waals surface area contributed by atoms with E-state index in [1.807, 2.05) is 6.07 Å². The summed E-state index contributed by atoms with van der Waals surface area (Å²) in [6, 6.07) is 4.91. The Morgan fingerprint density at radius 2 is 2.05 bits per heavy atom. The number of hydrogen-bond donors (Lipinski definition) is 2. The van der Waals surface area contributed by atoms with Crippen molar-refractivity contribution in [3.8, 4) is 0 Å². The van der Waals surface area contributed by atoms with Crippen molar-refractivity contribution >= 4 is 5.69 Å². The minimum absolute atomic E-state index is 0.234. The summed E-state index contributed by atoms with van der Waals surface area (Å²) < 4.78 is 19.2. The fourth-order valence-corrected chi connectivity index (χ4v) is 2.73. The first-order valence-electron chi connectivity index (χ1n) is 7.85. The van der Waals surface area contributed by atoms with Gasteiger partial charge in [-0.05, 0) is 50.7 Å². The van der Waals surface area contributed by atoms with Crippen molar-refractivity contribution in [2.75, 3.05) is 18.5 Å². The molecule has 1 aliphatic carbocycles. The van der Waals surface area contributed by atoms with E-state index >= 15 is 0 Å². The summed E-state index contributed by atoms with van der Waals surface area (Å²) in [5, 5.41) is 13.1. The molecular formula is C17H26FNO2. The van der Waals surface area contributed by atoms with Crippen molar-refractivity contribution in [1.82, 2.24) is 0 Å². The summed E-state index contributed by atoms with van der Waals surface area (Å²) in [5.41, 5.74) is 1.30. The molecule has 0 radical (unpaired) electrons. The molecule has 1 saturated carbocycles. The Balaban J connectivity index is 1.70. The number of aliphatic hydroxyl groups is 1. The first-order chi connectivity index (χ1) is 10.1. The lowest BCUT2D eigenvalue weighted by atomic mass is 9.89. The molecule has 1 aromatic carbocycles. The Hall–Kier alpha value is -1.13. The second-order valence-corrected chi connectivity index (χ2v) is 6.16. The summed E-state index contributed by atoms with van der Waals surface area (Å²) in [4.78, 5) is 0. The van der Waals surface area contributed by atoms with Crippen LogP contribution in [0.2, 0.25) is 0 Å². The molecule has 3 nitrogen and oxygen atoms in total. The van der Waals surface area contributed by atoms with Gasteiger partial charge < -0.3 is 15.2 Å². The van der Waals surface area contributed by atoms with E-state index in [9.17, 15) is 9.50 Å². The SMILES string of the molecule is Cc1c(F)cccc1NCC(O)COC1CCC(C)CC1. The fourth-order valence-electron chi connectivity index (χ4n) is 2.73. The average Bonchev–Trinajstić information content (AvgIpc) is 2.48. The normalized spacial score (nSPS) is 23.8. The fraction of sp³-hybridized carbons (Fsp3) is 0.647. The van der Waals surface area contributed by atoms with E-state index in [1.54, 1.807) is 13.0 Å². The standard InChI is InChI=1S/C17H26FNO2/c1-12-6-8-15(9-7-12)21-11-14(20)10-19-17-5-3-4-16(18)13(17)2/h3-5,12,14-15,19-20H,6-11H2,1-2H3. The maximum Gasteiger partial charge on any atom is 0.128 e. The topological polar surface area (TPSA) is 41.5 Å². The van der Waals surface area contributed by atoms with Crippen molar-refractivity contribution in [3.63, 3.8) is 0 Å². The van der Waals surface area contributed by atoms with Gasteiger partial charge in [0.1, 0.15) is 5.82 Å². The van der Waals surface area contributed by atoms with E-state index in [4.69, 9.17) is 4.74 Å². The number of ether oxygens (including phenoxy) is 1. The van der Waals surface area contributed by atoms with E-state index in [0.29, 0.717) is 18.7 Å². The number of rotatable bonds is 6. The second kappa shape index (κ2) is 7.76. The molecule has 2 N–H and O–H groups in total. The molecule has 0 heterocycles. The van der Waals surface area contributed by atoms with Crippen molar-refractivity contribution in [3.05, 3.63) is 29.6 Å². The second-order valence-electron chi connectivity index (χ2n) is 6.16. The molecule has 0 amide bonds. The van der Waals surface area contributed by atoms with Crippen LogP contribution >= 0.6 is 0 Å². The Kier molecular flexibility index (Phi) is 6.00. The lowest BCUT2D eigenvalue weighted by Crippen LogP contribution is -2.29. The smallest absolute Gasteiger partial charge is 0.128 e. The highest BCUT2D eigenvalue weighted by atomic mass is 19.1. The zero-order valence-electron chi connectivity index (χ0n) is 12.9. The van der Waals surface area contributed by atoms with Crippen LogP contribution in [-0.2, 0) is 4.74 Å². The maximum absolute atomic E-state index is 13.4. The Bertz CT molecular complexity index is 444. The van der Waals surface area contributed by atoms with Gasteiger partial charge in [0, 0.05) is 17.8 Å². The molecule has 4 heteroatoms. The number of anilines is 1. The Morgan fingerprint density at radius 1 is 1.33 bits per heavy atom. The van der Waals surface area contributed by atoms with Crippen LogP contribution in [0, 0.1) is 18.7 Å². The molecular weight excluding hydrogens is 269 g/mol. The van der Waals surface area contributed by atoms with E-state index in [-0.39, 0.29) is 11.9 Å². The minimum atomic E-state index is -0.577. The molecule has 1 unspecified atom stereocenters. The molecule has 0 bridgehead atoms. The summed E-state index contributed by atoms with van der Waals surface area (Å²) in [5.74, 6) is 0.564. The van der Waals surface area contributed by atoms with Crippen molar-refractivity contribution < 1.29 is 14.2 Å². The van der Waals surface area contributed by atoms with Gasteiger partial charge in [0.05, 0.1) is 18.8 Å². The number of aliphatic hydroxyl groups excluding tert-OH is 1. The predicted molar refractivity (Wildman–Crippen MR) is 83.0 cm³/mol. The maximum atomic E-state index is 13.4.